The third-order valence-electron chi connectivity index (χ3n) is 4.66. The number of rotatable bonds is 4. The molecule has 0 N–H and O–H groups in total. The number of aromatic nitrogens is 2. The summed E-state index contributed by atoms with van der Waals surface area (Å²) >= 11 is 6.10. The molecule has 126 valence electrons. The molecule has 3 heterocycles. The fourth-order valence-electron chi connectivity index (χ4n) is 3.48. The van der Waals surface area contributed by atoms with Crippen LogP contribution in [0.4, 0.5) is 0 Å². The van der Waals surface area contributed by atoms with Gasteiger partial charge >= 0.3 is 0 Å². The zero-order chi connectivity index (χ0) is 17.1. The van der Waals surface area contributed by atoms with Gasteiger partial charge in [0.25, 0.3) is 5.91 Å². The Balaban J connectivity index is 1.75. The van der Waals surface area contributed by atoms with E-state index in [-0.39, 0.29) is 11.9 Å². The van der Waals surface area contributed by atoms with Gasteiger partial charge in [-0.15, -0.1) is 0 Å². The largest absolute Gasteiger partial charge is 0.341 e. The van der Waals surface area contributed by atoms with E-state index in [4.69, 9.17) is 11.6 Å². The minimum absolute atomic E-state index is 0.0677. The first kappa shape index (κ1) is 16.9. The molecule has 1 saturated heterocycles. The average molecular weight is 345 g/mol. The predicted octanol–water partition coefficient (Wildman–Crippen LogP) is 2.90. The van der Waals surface area contributed by atoms with Crippen molar-refractivity contribution in [3.63, 3.8) is 0 Å². The summed E-state index contributed by atoms with van der Waals surface area (Å²) in [6, 6.07) is 6.01. The summed E-state index contributed by atoms with van der Waals surface area (Å²) in [6.45, 7) is 1.70. The topological polar surface area (TPSA) is 49.3 Å². The van der Waals surface area contributed by atoms with Crippen molar-refractivity contribution in [1.29, 1.82) is 0 Å². The molecule has 0 aromatic carbocycles. The van der Waals surface area contributed by atoms with Gasteiger partial charge in [0.1, 0.15) is 0 Å². The second-order valence-electron chi connectivity index (χ2n) is 6.30. The summed E-state index contributed by atoms with van der Waals surface area (Å²) in [5.74, 6) is 0.302. The Hall–Kier alpha value is -1.98. The lowest BCUT2D eigenvalue weighted by Gasteiger charge is -2.28. The van der Waals surface area contributed by atoms with Crippen LogP contribution in [0.3, 0.4) is 0 Å². The Morgan fingerprint density at radius 1 is 1.33 bits per heavy atom. The number of hydrogen-bond acceptors (Lipinski definition) is 4. The highest BCUT2D eigenvalue weighted by Crippen LogP contribution is 2.36. The number of halogens is 1. The molecule has 1 aliphatic heterocycles. The molecule has 0 spiro atoms. The van der Waals surface area contributed by atoms with E-state index in [1.54, 1.807) is 23.4 Å². The first-order valence-electron chi connectivity index (χ1n) is 8.03. The van der Waals surface area contributed by atoms with Crippen LogP contribution in [0.15, 0.2) is 43.0 Å². The number of pyridine rings is 2. The average Bonchev–Trinajstić information content (AvgIpc) is 2.96. The molecule has 2 aromatic rings. The number of carbonyl (C=O) groups excluding carboxylic acids is 1. The standard InChI is InChI=1S/C18H21ClN4O/c1-22-9-6-14(17(22)13-4-3-7-20-10-13)12-23(2)18(24)15-5-8-21-11-16(15)19/h3-5,7-8,10-11,14,17H,6,9,12H2,1-2H3/t14-,17-/m0/s1. The van der Waals surface area contributed by atoms with Gasteiger partial charge in [0.05, 0.1) is 10.6 Å². The molecule has 2 aromatic heterocycles. The number of carbonyl (C=O) groups is 1. The summed E-state index contributed by atoms with van der Waals surface area (Å²) in [6.07, 6.45) is 7.85. The lowest BCUT2D eigenvalue weighted by molar-refractivity contribution is 0.0761. The van der Waals surface area contributed by atoms with Crippen molar-refractivity contribution in [2.75, 3.05) is 27.2 Å². The van der Waals surface area contributed by atoms with Gasteiger partial charge in [-0.2, -0.15) is 0 Å². The first-order valence-corrected chi connectivity index (χ1v) is 8.41. The minimum Gasteiger partial charge on any atom is -0.341 e. The van der Waals surface area contributed by atoms with E-state index < -0.39 is 0 Å². The van der Waals surface area contributed by atoms with Crippen molar-refractivity contribution in [3.8, 4) is 0 Å². The van der Waals surface area contributed by atoms with E-state index in [1.807, 2.05) is 19.3 Å². The normalized spacial score (nSPS) is 21.0. The highest BCUT2D eigenvalue weighted by Gasteiger charge is 2.34. The van der Waals surface area contributed by atoms with Crippen LogP contribution in [0.5, 0.6) is 0 Å². The van der Waals surface area contributed by atoms with Gasteiger partial charge in [-0.25, -0.2) is 0 Å². The highest BCUT2D eigenvalue weighted by molar-refractivity contribution is 6.33. The van der Waals surface area contributed by atoms with Gasteiger partial charge in [-0.05, 0) is 43.6 Å². The van der Waals surface area contributed by atoms with Gasteiger partial charge < -0.3 is 4.90 Å². The van der Waals surface area contributed by atoms with Crippen molar-refractivity contribution in [2.45, 2.75) is 12.5 Å². The summed E-state index contributed by atoms with van der Waals surface area (Å²) < 4.78 is 0. The molecule has 6 heteroatoms. The first-order chi connectivity index (χ1) is 11.6. The van der Waals surface area contributed by atoms with E-state index in [0.717, 1.165) is 13.0 Å². The Bertz CT molecular complexity index is 709. The molecule has 1 fully saturated rings. The summed E-state index contributed by atoms with van der Waals surface area (Å²) in [5, 5.41) is 0.390. The fourth-order valence-corrected chi connectivity index (χ4v) is 3.68. The smallest absolute Gasteiger partial charge is 0.255 e. The van der Waals surface area contributed by atoms with Crippen LogP contribution in [0, 0.1) is 5.92 Å². The predicted molar refractivity (Wildman–Crippen MR) is 93.9 cm³/mol. The van der Waals surface area contributed by atoms with Crippen LogP contribution < -0.4 is 0 Å². The maximum Gasteiger partial charge on any atom is 0.255 e. The van der Waals surface area contributed by atoms with Crippen LogP contribution in [-0.2, 0) is 0 Å². The molecule has 0 aliphatic carbocycles. The van der Waals surface area contributed by atoms with Crippen molar-refractivity contribution in [1.82, 2.24) is 19.8 Å². The number of nitrogens with zero attached hydrogens (tertiary/aromatic N) is 4. The molecule has 0 bridgehead atoms. The number of hydrogen-bond donors (Lipinski definition) is 0. The van der Waals surface area contributed by atoms with Crippen LogP contribution >= 0.6 is 11.6 Å². The van der Waals surface area contributed by atoms with E-state index in [9.17, 15) is 4.79 Å². The molecule has 0 saturated carbocycles. The maximum atomic E-state index is 12.7. The molecule has 1 aliphatic rings. The quantitative estimate of drug-likeness (QED) is 0.855. The van der Waals surface area contributed by atoms with Gasteiger partial charge in [0.2, 0.25) is 0 Å². The summed E-state index contributed by atoms with van der Waals surface area (Å²) in [5.41, 5.74) is 1.70. The number of amides is 1. The third-order valence-corrected chi connectivity index (χ3v) is 4.96. The SMILES string of the molecule is CN(C[C@@H]1CCN(C)[C@H]1c1cccnc1)C(=O)c1ccncc1Cl. The van der Waals surface area contributed by atoms with Crippen molar-refractivity contribution >= 4 is 17.5 Å². The Kier molecular flexibility index (Phi) is 5.11. The molecule has 1 amide bonds. The van der Waals surface area contributed by atoms with Gasteiger partial charge in [-0.3, -0.25) is 19.7 Å². The van der Waals surface area contributed by atoms with Gasteiger partial charge in [0.15, 0.2) is 0 Å². The molecule has 24 heavy (non-hydrogen) atoms. The molecule has 2 atom stereocenters. The Labute approximate surface area is 147 Å². The molecule has 0 radical (unpaired) electrons. The van der Waals surface area contributed by atoms with Crippen molar-refractivity contribution in [2.24, 2.45) is 5.92 Å². The summed E-state index contributed by atoms with van der Waals surface area (Å²) in [7, 11) is 3.96. The number of likely N-dealkylation sites (tertiary alicyclic amines) is 1. The molecule has 0 unspecified atom stereocenters. The van der Waals surface area contributed by atoms with Crippen molar-refractivity contribution in [3.05, 3.63) is 59.1 Å². The van der Waals surface area contributed by atoms with E-state index in [1.165, 1.54) is 11.8 Å². The monoisotopic (exact) mass is 344 g/mol. The van der Waals surface area contributed by atoms with Gasteiger partial charge in [0, 0.05) is 44.4 Å². The third kappa shape index (κ3) is 3.42. The lowest BCUT2D eigenvalue weighted by Crippen LogP contribution is -2.34. The van der Waals surface area contributed by atoms with Crippen LogP contribution in [-0.4, -0.2) is 52.9 Å². The molecule has 3 rings (SSSR count). The molecular formula is C18H21ClN4O. The van der Waals surface area contributed by atoms with Crippen LogP contribution in [0.1, 0.15) is 28.4 Å². The van der Waals surface area contributed by atoms with Crippen LogP contribution in [0.25, 0.3) is 0 Å². The highest BCUT2D eigenvalue weighted by atomic mass is 35.5. The maximum absolute atomic E-state index is 12.7. The van der Waals surface area contributed by atoms with Crippen molar-refractivity contribution < 1.29 is 4.79 Å². The Morgan fingerprint density at radius 2 is 2.12 bits per heavy atom. The van der Waals surface area contributed by atoms with Gasteiger partial charge in [-0.1, -0.05) is 17.7 Å². The van der Waals surface area contributed by atoms with E-state index in [0.29, 0.717) is 23.0 Å². The second-order valence-corrected chi connectivity index (χ2v) is 6.71. The minimum atomic E-state index is -0.0677. The lowest BCUT2D eigenvalue weighted by atomic mass is 9.94. The van der Waals surface area contributed by atoms with Crippen LogP contribution in [0.2, 0.25) is 5.02 Å². The zero-order valence-electron chi connectivity index (χ0n) is 13.9. The van der Waals surface area contributed by atoms with E-state index >= 15 is 0 Å². The second kappa shape index (κ2) is 7.28. The fraction of sp³-hybridized carbons (Fsp3) is 0.389. The molecule has 5 nitrogen and oxygen atoms in total. The zero-order valence-corrected chi connectivity index (χ0v) is 14.6. The summed E-state index contributed by atoms with van der Waals surface area (Å²) in [4.78, 5) is 24.9. The molecular weight excluding hydrogens is 324 g/mol. The van der Waals surface area contributed by atoms with E-state index in [2.05, 4.69) is 28.0 Å². The Morgan fingerprint density at radius 3 is 2.83 bits per heavy atom.